The lowest BCUT2D eigenvalue weighted by Crippen LogP contribution is -2.34. The first-order valence-corrected chi connectivity index (χ1v) is 5.30. The Morgan fingerprint density at radius 2 is 2.40 bits per heavy atom. The zero-order valence-electron chi connectivity index (χ0n) is 9.77. The monoisotopic (exact) mass is 212 g/mol. The van der Waals surface area contributed by atoms with Crippen LogP contribution in [0.1, 0.15) is 12.8 Å². The minimum Gasteiger partial charge on any atom is -0.466 e. The normalized spacial score (nSPS) is 22.2. The van der Waals surface area contributed by atoms with Crippen molar-refractivity contribution in [3.8, 4) is 0 Å². The standard InChI is InChI=1S/C11H20N2O2/c1-12(8-6-11(14)15-3)9-10-5-4-7-13(10)2/h6,8,10H,4-5,7,9H2,1-3H3. The van der Waals surface area contributed by atoms with Crippen LogP contribution in [0, 0.1) is 0 Å². The van der Waals surface area contributed by atoms with Gasteiger partial charge in [-0.1, -0.05) is 0 Å². The minimum atomic E-state index is -0.304. The highest BCUT2D eigenvalue weighted by atomic mass is 16.5. The first kappa shape index (κ1) is 12.0. The molecule has 1 saturated heterocycles. The first-order valence-electron chi connectivity index (χ1n) is 5.30. The molecule has 15 heavy (non-hydrogen) atoms. The number of nitrogens with zero attached hydrogens (tertiary/aromatic N) is 2. The number of rotatable bonds is 4. The maximum Gasteiger partial charge on any atom is 0.331 e. The molecule has 0 aromatic carbocycles. The molecule has 0 aliphatic carbocycles. The average molecular weight is 212 g/mol. The van der Waals surface area contributed by atoms with Gasteiger partial charge in [0.05, 0.1) is 7.11 Å². The molecular weight excluding hydrogens is 192 g/mol. The zero-order chi connectivity index (χ0) is 11.3. The Labute approximate surface area is 91.5 Å². The van der Waals surface area contributed by atoms with Crippen LogP contribution in [0.25, 0.3) is 0 Å². The van der Waals surface area contributed by atoms with E-state index < -0.39 is 0 Å². The summed E-state index contributed by atoms with van der Waals surface area (Å²) in [5, 5.41) is 0. The Hall–Kier alpha value is -1.03. The largest absolute Gasteiger partial charge is 0.466 e. The van der Waals surface area contributed by atoms with Crippen LogP contribution < -0.4 is 0 Å². The third-order valence-corrected chi connectivity index (χ3v) is 2.84. The summed E-state index contributed by atoms with van der Waals surface area (Å²) < 4.78 is 4.53. The SMILES string of the molecule is COC(=O)C=CN(C)CC1CCCN1C. The van der Waals surface area contributed by atoms with Gasteiger partial charge in [0.2, 0.25) is 0 Å². The maximum absolute atomic E-state index is 10.9. The number of likely N-dealkylation sites (N-methyl/N-ethyl adjacent to an activating group) is 2. The van der Waals surface area contributed by atoms with Gasteiger partial charge in [-0.15, -0.1) is 0 Å². The molecule has 1 aliphatic heterocycles. The van der Waals surface area contributed by atoms with E-state index in [-0.39, 0.29) is 5.97 Å². The molecule has 1 atom stereocenters. The quantitative estimate of drug-likeness (QED) is 0.507. The van der Waals surface area contributed by atoms with Gasteiger partial charge in [0.15, 0.2) is 0 Å². The van der Waals surface area contributed by atoms with E-state index in [1.807, 2.05) is 11.9 Å². The van der Waals surface area contributed by atoms with E-state index in [4.69, 9.17) is 0 Å². The number of hydrogen-bond donors (Lipinski definition) is 0. The van der Waals surface area contributed by atoms with Gasteiger partial charge < -0.3 is 14.5 Å². The van der Waals surface area contributed by atoms with Crippen molar-refractivity contribution < 1.29 is 9.53 Å². The van der Waals surface area contributed by atoms with Crippen molar-refractivity contribution in [1.82, 2.24) is 9.80 Å². The molecule has 4 nitrogen and oxygen atoms in total. The van der Waals surface area contributed by atoms with Crippen molar-refractivity contribution in [2.75, 3.05) is 34.3 Å². The van der Waals surface area contributed by atoms with Crippen molar-refractivity contribution in [3.05, 3.63) is 12.3 Å². The molecule has 0 amide bonds. The minimum absolute atomic E-state index is 0.304. The fourth-order valence-electron chi connectivity index (χ4n) is 1.86. The number of hydrogen-bond acceptors (Lipinski definition) is 4. The molecule has 0 bridgehead atoms. The molecular formula is C11H20N2O2. The number of likely N-dealkylation sites (tertiary alicyclic amines) is 1. The highest BCUT2D eigenvalue weighted by Gasteiger charge is 2.21. The highest BCUT2D eigenvalue weighted by Crippen LogP contribution is 2.15. The highest BCUT2D eigenvalue weighted by molar-refractivity contribution is 5.81. The van der Waals surface area contributed by atoms with Gasteiger partial charge in [-0.25, -0.2) is 4.79 Å². The summed E-state index contributed by atoms with van der Waals surface area (Å²) in [7, 11) is 5.51. The van der Waals surface area contributed by atoms with Gasteiger partial charge in [0.25, 0.3) is 0 Å². The van der Waals surface area contributed by atoms with Crippen LogP contribution in [0.2, 0.25) is 0 Å². The van der Waals surface area contributed by atoms with Gasteiger partial charge in [-0.3, -0.25) is 0 Å². The first-order chi connectivity index (χ1) is 7.13. The molecule has 0 aromatic rings. The molecule has 1 aliphatic rings. The van der Waals surface area contributed by atoms with E-state index in [0.29, 0.717) is 6.04 Å². The summed E-state index contributed by atoms with van der Waals surface area (Å²) in [5.74, 6) is -0.304. The van der Waals surface area contributed by atoms with E-state index in [1.165, 1.54) is 32.6 Å². The van der Waals surface area contributed by atoms with E-state index >= 15 is 0 Å². The summed E-state index contributed by atoms with van der Waals surface area (Å²) in [5.41, 5.74) is 0. The van der Waals surface area contributed by atoms with E-state index in [1.54, 1.807) is 6.20 Å². The van der Waals surface area contributed by atoms with Crippen LogP contribution in [0.3, 0.4) is 0 Å². The molecule has 4 heteroatoms. The summed E-state index contributed by atoms with van der Waals surface area (Å²) in [6, 6.07) is 0.609. The van der Waals surface area contributed by atoms with Crippen LogP contribution in [-0.4, -0.2) is 56.1 Å². The number of esters is 1. The van der Waals surface area contributed by atoms with E-state index in [9.17, 15) is 4.79 Å². The second kappa shape index (κ2) is 5.75. The number of carbonyl (C=O) groups is 1. The Morgan fingerprint density at radius 1 is 1.67 bits per heavy atom. The van der Waals surface area contributed by atoms with Crippen LogP contribution in [0.5, 0.6) is 0 Å². The van der Waals surface area contributed by atoms with Crippen molar-refractivity contribution in [2.24, 2.45) is 0 Å². The molecule has 0 saturated carbocycles. The lowest BCUT2D eigenvalue weighted by atomic mass is 10.2. The molecule has 0 spiro atoms. The number of methoxy groups -OCH3 is 1. The Bertz CT molecular complexity index is 241. The Morgan fingerprint density at radius 3 is 2.93 bits per heavy atom. The lowest BCUT2D eigenvalue weighted by molar-refractivity contribution is -0.134. The fourth-order valence-corrected chi connectivity index (χ4v) is 1.86. The molecule has 0 radical (unpaired) electrons. The van der Waals surface area contributed by atoms with Gasteiger partial charge in [0.1, 0.15) is 0 Å². The molecule has 1 heterocycles. The summed E-state index contributed by atoms with van der Waals surface area (Å²) in [6.07, 6.45) is 5.75. The Kier molecular flexibility index (Phi) is 4.62. The summed E-state index contributed by atoms with van der Waals surface area (Å²) >= 11 is 0. The topological polar surface area (TPSA) is 32.8 Å². The van der Waals surface area contributed by atoms with Crippen molar-refractivity contribution in [1.29, 1.82) is 0 Å². The lowest BCUT2D eigenvalue weighted by Gasteiger charge is -2.24. The second-order valence-corrected chi connectivity index (χ2v) is 4.06. The molecule has 86 valence electrons. The zero-order valence-corrected chi connectivity index (χ0v) is 9.77. The second-order valence-electron chi connectivity index (χ2n) is 4.06. The van der Waals surface area contributed by atoms with Gasteiger partial charge in [-0.2, -0.15) is 0 Å². The molecule has 0 N–H and O–H groups in total. The number of ether oxygens (including phenoxy) is 1. The predicted molar refractivity (Wildman–Crippen MR) is 59.4 cm³/mol. The molecule has 0 aromatic heterocycles. The van der Waals surface area contributed by atoms with Crippen LogP contribution >= 0.6 is 0 Å². The Balaban J connectivity index is 2.32. The summed E-state index contributed by atoms with van der Waals surface area (Å²) in [6.45, 7) is 2.14. The van der Waals surface area contributed by atoms with E-state index in [0.717, 1.165) is 6.54 Å². The van der Waals surface area contributed by atoms with Crippen molar-refractivity contribution in [2.45, 2.75) is 18.9 Å². The third kappa shape index (κ3) is 3.91. The molecule has 1 unspecified atom stereocenters. The number of carbonyl (C=O) groups excluding carboxylic acids is 1. The van der Waals surface area contributed by atoms with Crippen LogP contribution in [-0.2, 0) is 9.53 Å². The summed E-state index contributed by atoms with van der Waals surface area (Å²) in [4.78, 5) is 15.3. The van der Waals surface area contributed by atoms with Gasteiger partial charge >= 0.3 is 5.97 Å². The molecule has 1 fully saturated rings. The van der Waals surface area contributed by atoms with Crippen molar-refractivity contribution in [3.63, 3.8) is 0 Å². The predicted octanol–water partition coefficient (Wildman–Crippen LogP) is 0.699. The average Bonchev–Trinajstić information content (AvgIpc) is 2.61. The van der Waals surface area contributed by atoms with Gasteiger partial charge in [0, 0.05) is 31.9 Å². The third-order valence-electron chi connectivity index (χ3n) is 2.84. The fraction of sp³-hybridized carbons (Fsp3) is 0.727. The molecule has 1 rings (SSSR count). The van der Waals surface area contributed by atoms with Crippen molar-refractivity contribution >= 4 is 5.97 Å². The van der Waals surface area contributed by atoms with Crippen LogP contribution in [0.15, 0.2) is 12.3 Å². The van der Waals surface area contributed by atoms with E-state index in [2.05, 4.69) is 16.7 Å². The van der Waals surface area contributed by atoms with Crippen LogP contribution in [0.4, 0.5) is 0 Å². The van der Waals surface area contributed by atoms with Gasteiger partial charge in [-0.05, 0) is 26.4 Å². The smallest absolute Gasteiger partial charge is 0.331 e. The maximum atomic E-state index is 10.9.